The van der Waals surface area contributed by atoms with E-state index in [1.54, 1.807) is 30.3 Å². The van der Waals surface area contributed by atoms with Gasteiger partial charge in [0.25, 0.3) is 5.91 Å². The Morgan fingerprint density at radius 1 is 1.19 bits per heavy atom. The van der Waals surface area contributed by atoms with E-state index in [-0.39, 0.29) is 22.0 Å². The van der Waals surface area contributed by atoms with E-state index in [4.69, 9.17) is 27.9 Å². The summed E-state index contributed by atoms with van der Waals surface area (Å²) in [7, 11) is 0. The second-order valence-corrected chi connectivity index (χ2v) is 8.45. The molecule has 0 saturated carbocycles. The molecule has 1 atom stereocenters. The molecular weight excluding hydrogens is 451 g/mol. The molecule has 1 aliphatic rings. The van der Waals surface area contributed by atoms with E-state index < -0.39 is 22.8 Å². The first-order valence-electron chi connectivity index (χ1n) is 10.0. The molecule has 0 spiro atoms. The van der Waals surface area contributed by atoms with Crippen LogP contribution in [-0.2, 0) is 20.5 Å². The van der Waals surface area contributed by atoms with Crippen molar-refractivity contribution in [3.63, 3.8) is 0 Å². The first-order chi connectivity index (χ1) is 15.3. The lowest BCUT2D eigenvalue weighted by Gasteiger charge is -2.33. The zero-order valence-corrected chi connectivity index (χ0v) is 18.7. The number of carbonyl (C=O) groups is 2. The fourth-order valence-corrected chi connectivity index (χ4v) is 4.52. The number of carbonyl (C=O) groups excluding carboxylic acids is 1. The molecule has 2 aromatic carbocycles. The monoisotopic (exact) mass is 472 g/mol. The van der Waals surface area contributed by atoms with Gasteiger partial charge in [-0.1, -0.05) is 59.6 Å². The van der Waals surface area contributed by atoms with Crippen molar-refractivity contribution in [3.05, 3.63) is 81.9 Å². The van der Waals surface area contributed by atoms with Gasteiger partial charge in [-0.3, -0.25) is 4.79 Å². The molecule has 166 valence electrons. The molecular formula is C24H22Cl2N2O4. The Kier molecular flexibility index (Phi) is 7.25. The number of hydrogen-bond acceptors (Lipinski definition) is 4. The molecule has 0 bridgehead atoms. The summed E-state index contributed by atoms with van der Waals surface area (Å²) in [4.78, 5) is 25.5. The van der Waals surface area contributed by atoms with Crippen LogP contribution in [0.2, 0.25) is 10.0 Å². The SMILES string of the molecule is C=CCC(NC(=O)c1c(Cl)cccc1Cl)(C(=O)O)c1ccc(C2(C#N)CCOCC2)cc1. The molecule has 0 aromatic heterocycles. The molecule has 32 heavy (non-hydrogen) atoms. The minimum absolute atomic E-state index is 0.00669. The average molecular weight is 473 g/mol. The Morgan fingerprint density at radius 2 is 1.78 bits per heavy atom. The maximum absolute atomic E-state index is 13.0. The number of nitrogens with zero attached hydrogens (tertiary/aromatic N) is 1. The number of benzene rings is 2. The molecule has 1 heterocycles. The van der Waals surface area contributed by atoms with Crippen molar-refractivity contribution in [2.45, 2.75) is 30.2 Å². The Hall–Kier alpha value is -2.85. The van der Waals surface area contributed by atoms with Gasteiger partial charge in [0.15, 0.2) is 5.54 Å². The number of carboxylic acid groups (broad SMARTS) is 1. The van der Waals surface area contributed by atoms with Gasteiger partial charge in [-0.05, 0) is 36.1 Å². The van der Waals surface area contributed by atoms with Gasteiger partial charge in [0.05, 0.1) is 27.1 Å². The highest BCUT2D eigenvalue weighted by molar-refractivity contribution is 6.39. The van der Waals surface area contributed by atoms with Crippen LogP contribution in [0.1, 0.15) is 40.7 Å². The molecule has 1 aliphatic heterocycles. The summed E-state index contributed by atoms with van der Waals surface area (Å²) in [5.74, 6) is -1.98. The van der Waals surface area contributed by atoms with Gasteiger partial charge in [0.2, 0.25) is 0 Å². The van der Waals surface area contributed by atoms with Crippen LogP contribution in [-0.4, -0.2) is 30.2 Å². The van der Waals surface area contributed by atoms with Crippen LogP contribution >= 0.6 is 23.2 Å². The van der Waals surface area contributed by atoms with Gasteiger partial charge in [-0.2, -0.15) is 5.26 Å². The highest BCUT2D eigenvalue weighted by atomic mass is 35.5. The van der Waals surface area contributed by atoms with Crippen LogP contribution in [0, 0.1) is 11.3 Å². The normalized spacial score (nSPS) is 16.9. The molecule has 1 amide bonds. The Labute approximate surface area is 196 Å². The van der Waals surface area contributed by atoms with Crippen molar-refractivity contribution < 1.29 is 19.4 Å². The molecule has 2 N–H and O–H groups in total. The number of nitrogens with one attached hydrogen (secondary N) is 1. The lowest BCUT2D eigenvalue weighted by Crippen LogP contribution is -2.51. The number of carboxylic acids is 1. The third kappa shape index (κ3) is 4.37. The molecule has 2 aromatic rings. The first-order valence-corrected chi connectivity index (χ1v) is 10.8. The second-order valence-electron chi connectivity index (χ2n) is 7.64. The molecule has 0 radical (unpaired) electrons. The molecule has 0 aliphatic carbocycles. The fourth-order valence-electron chi connectivity index (χ4n) is 3.95. The van der Waals surface area contributed by atoms with Gasteiger partial charge in [0, 0.05) is 19.6 Å². The van der Waals surface area contributed by atoms with Crippen molar-refractivity contribution in [1.82, 2.24) is 5.32 Å². The summed E-state index contributed by atoms with van der Waals surface area (Å²) < 4.78 is 5.39. The minimum Gasteiger partial charge on any atom is -0.479 e. The third-order valence-electron chi connectivity index (χ3n) is 5.82. The second kappa shape index (κ2) is 9.74. The molecule has 6 nitrogen and oxygen atoms in total. The van der Waals surface area contributed by atoms with E-state index in [0.717, 1.165) is 5.56 Å². The summed E-state index contributed by atoms with van der Waals surface area (Å²) in [6.45, 7) is 4.63. The Bertz CT molecular complexity index is 1050. The van der Waals surface area contributed by atoms with Gasteiger partial charge in [0.1, 0.15) is 0 Å². The number of rotatable bonds is 7. The van der Waals surface area contributed by atoms with Crippen molar-refractivity contribution in [1.29, 1.82) is 5.26 Å². The van der Waals surface area contributed by atoms with Gasteiger partial charge in [-0.15, -0.1) is 6.58 Å². The highest BCUT2D eigenvalue weighted by Crippen LogP contribution is 2.36. The van der Waals surface area contributed by atoms with E-state index in [0.29, 0.717) is 31.6 Å². The third-order valence-corrected chi connectivity index (χ3v) is 6.45. The van der Waals surface area contributed by atoms with E-state index in [1.165, 1.54) is 18.2 Å². The van der Waals surface area contributed by atoms with Crippen LogP contribution in [0.25, 0.3) is 0 Å². The van der Waals surface area contributed by atoms with Crippen molar-refractivity contribution in [2.75, 3.05) is 13.2 Å². The van der Waals surface area contributed by atoms with E-state index in [9.17, 15) is 20.0 Å². The number of halogens is 2. The number of ether oxygens (including phenoxy) is 1. The van der Waals surface area contributed by atoms with Gasteiger partial charge < -0.3 is 15.2 Å². The van der Waals surface area contributed by atoms with Crippen molar-refractivity contribution in [2.24, 2.45) is 0 Å². The lowest BCUT2D eigenvalue weighted by molar-refractivity contribution is -0.144. The summed E-state index contributed by atoms with van der Waals surface area (Å²) in [6, 6.07) is 13.7. The van der Waals surface area contributed by atoms with Crippen LogP contribution < -0.4 is 5.32 Å². The van der Waals surface area contributed by atoms with Gasteiger partial charge in [-0.25, -0.2) is 4.79 Å². The maximum Gasteiger partial charge on any atom is 0.334 e. The molecule has 1 unspecified atom stereocenters. The minimum atomic E-state index is -1.80. The molecule has 8 heteroatoms. The summed E-state index contributed by atoms with van der Waals surface area (Å²) >= 11 is 12.3. The zero-order chi connectivity index (χ0) is 23.4. The topological polar surface area (TPSA) is 99.4 Å². The standard InChI is InChI=1S/C24H22Cl2N2O4/c1-2-10-24(22(30)31,28-21(29)20-18(25)4-3-5-19(20)26)17-8-6-16(7-9-17)23(15-27)11-13-32-14-12-23/h2-9H,1,10-14H2,(H,28,29)(H,30,31). The summed E-state index contributed by atoms with van der Waals surface area (Å²) in [5.41, 5.74) is -1.37. The average Bonchev–Trinajstić information content (AvgIpc) is 2.79. The molecule has 1 saturated heterocycles. The van der Waals surface area contributed by atoms with E-state index >= 15 is 0 Å². The van der Waals surface area contributed by atoms with Crippen LogP contribution in [0.4, 0.5) is 0 Å². The van der Waals surface area contributed by atoms with E-state index in [1.807, 2.05) is 0 Å². The quantitative estimate of drug-likeness (QED) is 0.560. The van der Waals surface area contributed by atoms with Crippen LogP contribution in [0.5, 0.6) is 0 Å². The molecule has 3 rings (SSSR count). The molecule has 1 fully saturated rings. The summed E-state index contributed by atoms with van der Waals surface area (Å²) in [5, 5.41) is 22.8. The first kappa shape index (κ1) is 23.8. The largest absolute Gasteiger partial charge is 0.479 e. The smallest absolute Gasteiger partial charge is 0.334 e. The Morgan fingerprint density at radius 3 is 2.28 bits per heavy atom. The van der Waals surface area contributed by atoms with Crippen LogP contribution in [0.15, 0.2) is 55.1 Å². The Balaban J connectivity index is 2.02. The van der Waals surface area contributed by atoms with Crippen molar-refractivity contribution >= 4 is 35.1 Å². The zero-order valence-electron chi connectivity index (χ0n) is 17.2. The predicted molar refractivity (Wildman–Crippen MR) is 122 cm³/mol. The lowest BCUT2D eigenvalue weighted by atomic mass is 9.74. The highest BCUT2D eigenvalue weighted by Gasteiger charge is 2.42. The summed E-state index contributed by atoms with van der Waals surface area (Å²) in [6.07, 6.45) is 2.46. The van der Waals surface area contributed by atoms with Crippen LogP contribution in [0.3, 0.4) is 0 Å². The predicted octanol–water partition coefficient (Wildman–Crippen LogP) is 4.85. The van der Waals surface area contributed by atoms with Gasteiger partial charge >= 0.3 is 5.97 Å². The fraction of sp³-hybridized carbons (Fsp3) is 0.292. The number of nitriles is 1. The number of amides is 1. The van der Waals surface area contributed by atoms with Crippen molar-refractivity contribution in [3.8, 4) is 6.07 Å². The number of aliphatic carboxylic acids is 1. The van der Waals surface area contributed by atoms with E-state index in [2.05, 4.69) is 18.0 Å². The number of hydrogen-bond donors (Lipinski definition) is 2. The maximum atomic E-state index is 13.0.